The highest BCUT2D eigenvalue weighted by atomic mass is 35.5. The van der Waals surface area contributed by atoms with E-state index < -0.39 is 0 Å². The summed E-state index contributed by atoms with van der Waals surface area (Å²) in [7, 11) is 0. The number of nitrogens with two attached hydrogens (primary N) is 2. The Kier molecular flexibility index (Phi) is 9.58. The van der Waals surface area contributed by atoms with Crippen molar-refractivity contribution in [3.05, 3.63) is 55.1 Å². The molecule has 0 spiro atoms. The summed E-state index contributed by atoms with van der Waals surface area (Å²) in [5.74, 6) is 1.20. The van der Waals surface area contributed by atoms with E-state index in [1.165, 1.54) is 0 Å². The Morgan fingerprint density at radius 1 is 1.10 bits per heavy atom. The molecule has 0 amide bonds. The maximum Gasteiger partial charge on any atom is 0.153 e. The van der Waals surface area contributed by atoms with Crippen molar-refractivity contribution in [1.29, 1.82) is 0 Å². The number of nitrogen functional groups attached to an aromatic ring is 2. The Morgan fingerprint density at radius 2 is 1.71 bits per heavy atom. The molecule has 21 heavy (non-hydrogen) atoms. The van der Waals surface area contributed by atoms with Crippen molar-refractivity contribution in [3.8, 4) is 0 Å². The lowest BCUT2D eigenvalue weighted by molar-refractivity contribution is 1.21. The first-order valence-electron chi connectivity index (χ1n) is 5.83. The number of anilines is 2. The fraction of sp³-hybridized carbons (Fsp3) is 0.0714. The van der Waals surface area contributed by atoms with Crippen LogP contribution >= 0.6 is 24.0 Å². The Balaban J connectivity index is 0.000000715. The molecule has 2 aromatic rings. The minimum Gasteiger partial charge on any atom is -0.384 e. The number of alkyl halides is 1. The van der Waals surface area contributed by atoms with Crippen LogP contribution in [0.4, 0.5) is 23.0 Å². The van der Waals surface area contributed by atoms with Gasteiger partial charge in [-0.3, -0.25) is 0 Å². The molecule has 0 saturated carbocycles. The van der Waals surface area contributed by atoms with Crippen LogP contribution in [0.5, 0.6) is 0 Å². The minimum atomic E-state index is 0. The first-order valence-corrected chi connectivity index (χ1v) is 6.36. The molecule has 0 saturated heterocycles. The highest BCUT2D eigenvalue weighted by Crippen LogP contribution is 2.23. The lowest BCUT2D eigenvalue weighted by Gasteiger charge is -1.98. The van der Waals surface area contributed by atoms with Gasteiger partial charge >= 0.3 is 0 Å². The molecular formula is C14H17Cl2N5. The van der Waals surface area contributed by atoms with Gasteiger partial charge in [-0.1, -0.05) is 24.3 Å². The minimum absolute atomic E-state index is 0. The highest BCUT2D eigenvalue weighted by molar-refractivity contribution is 6.18. The lowest BCUT2D eigenvalue weighted by atomic mass is 10.3. The van der Waals surface area contributed by atoms with E-state index in [9.17, 15) is 0 Å². The van der Waals surface area contributed by atoms with Crippen molar-refractivity contribution in [2.24, 2.45) is 10.2 Å². The van der Waals surface area contributed by atoms with Crippen LogP contribution in [0, 0.1) is 0 Å². The fourth-order valence-corrected chi connectivity index (χ4v) is 1.17. The molecule has 0 aliphatic carbocycles. The third-order valence-electron chi connectivity index (χ3n) is 2.06. The number of hydrogen-bond acceptors (Lipinski definition) is 5. The smallest absolute Gasteiger partial charge is 0.153 e. The Morgan fingerprint density at radius 3 is 2.24 bits per heavy atom. The molecule has 1 aromatic carbocycles. The molecule has 2 rings (SSSR count). The molecule has 0 fully saturated rings. The van der Waals surface area contributed by atoms with Crippen molar-refractivity contribution >= 4 is 47.0 Å². The summed E-state index contributed by atoms with van der Waals surface area (Å²) in [5, 5.41) is 8.03. The summed E-state index contributed by atoms with van der Waals surface area (Å²) in [5.41, 5.74) is 12.4. The topological polar surface area (TPSA) is 89.6 Å². The van der Waals surface area contributed by atoms with E-state index in [0.717, 1.165) is 5.69 Å². The zero-order valence-electron chi connectivity index (χ0n) is 11.3. The number of benzene rings is 1. The molecule has 0 bridgehead atoms. The van der Waals surface area contributed by atoms with E-state index in [-0.39, 0.29) is 18.2 Å². The molecular weight excluding hydrogens is 309 g/mol. The molecule has 0 aliphatic heterocycles. The summed E-state index contributed by atoms with van der Waals surface area (Å²) in [6.07, 6.45) is 1.64. The van der Waals surface area contributed by atoms with Crippen LogP contribution in [-0.4, -0.2) is 10.9 Å². The van der Waals surface area contributed by atoms with E-state index in [4.69, 9.17) is 23.1 Å². The van der Waals surface area contributed by atoms with Gasteiger partial charge in [0.1, 0.15) is 11.5 Å². The molecule has 0 atom stereocenters. The molecule has 7 heteroatoms. The molecule has 0 radical (unpaired) electrons. The summed E-state index contributed by atoms with van der Waals surface area (Å²) < 4.78 is 0. The molecule has 5 nitrogen and oxygen atoms in total. The number of azo groups is 1. The Labute approximate surface area is 135 Å². The number of pyridine rings is 1. The summed E-state index contributed by atoms with van der Waals surface area (Å²) in [6.45, 7) is 3.35. The zero-order valence-corrected chi connectivity index (χ0v) is 12.9. The number of hydrogen-bond donors (Lipinski definition) is 2. The number of aromatic nitrogens is 1. The van der Waals surface area contributed by atoms with Crippen molar-refractivity contribution in [2.45, 2.75) is 0 Å². The number of halogens is 2. The van der Waals surface area contributed by atoms with Crippen LogP contribution in [0.25, 0.3) is 0 Å². The van der Waals surface area contributed by atoms with Gasteiger partial charge in [0.05, 0.1) is 5.69 Å². The zero-order chi connectivity index (χ0) is 14.8. The molecule has 4 N–H and O–H groups in total. The van der Waals surface area contributed by atoms with Crippen molar-refractivity contribution in [3.63, 3.8) is 0 Å². The lowest BCUT2D eigenvalue weighted by Crippen LogP contribution is -1.95. The van der Waals surface area contributed by atoms with E-state index in [0.29, 0.717) is 17.4 Å². The average molecular weight is 326 g/mol. The molecule has 1 aromatic heterocycles. The van der Waals surface area contributed by atoms with Gasteiger partial charge in [-0.25, -0.2) is 4.98 Å². The third-order valence-corrected chi connectivity index (χ3v) is 2.28. The number of allylic oxidation sites excluding steroid dienone is 1. The van der Waals surface area contributed by atoms with Crippen LogP contribution in [0.1, 0.15) is 0 Å². The second-order valence-corrected chi connectivity index (χ2v) is 3.93. The van der Waals surface area contributed by atoms with Gasteiger partial charge < -0.3 is 11.5 Å². The van der Waals surface area contributed by atoms with E-state index in [1.54, 1.807) is 18.2 Å². The Bertz CT molecular complexity index is 573. The van der Waals surface area contributed by atoms with Crippen LogP contribution < -0.4 is 11.5 Å². The summed E-state index contributed by atoms with van der Waals surface area (Å²) in [4.78, 5) is 3.89. The van der Waals surface area contributed by atoms with E-state index in [1.807, 2.05) is 30.3 Å². The standard InChI is InChI=1S/C11H11N5.C3H5Cl.ClH/c12-10-7-6-9(11(13)14-10)16-15-8-4-2-1-3-5-8;1-2-3-4;/h1-7H,(H4,12,13,14);2H,1,3H2;1H/b16-15+;;. The monoisotopic (exact) mass is 325 g/mol. The van der Waals surface area contributed by atoms with Gasteiger partial charge in [-0.2, -0.15) is 5.11 Å². The average Bonchev–Trinajstić information content (AvgIpc) is 2.48. The van der Waals surface area contributed by atoms with Crippen molar-refractivity contribution < 1.29 is 0 Å². The fourth-order valence-electron chi connectivity index (χ4n) is 1.17. The van der Waals surface area contributed by atoms with Gasteiger partial charge in [-0.05, 0) is 24.3 Å². The highest BCUT2D eigenvalue weighted by Gasteiger charge is 1.98. The van der Waals surface area contributed by atoms with E-state index in [2.05, 4.69) is 21.8 Å². The SMILES string of the molecule is C=CCCl.Cl.Nc1ccc(/N=N/c2ccccc2)c(N)n1. The van der Waals surface area contributed by atoms with Crippen LogP contribution in [0.15, 0.2) is 65.3 Å². The first-order chi connectivity index (χ1) is 9.67. The van der Waals surface area contributed by atoms with Gasteiger partial charge in [0, 0.05) is 5.88 Å². The normalized spacial score (nSPS) is 9.38. The van der Waals surface area contributed by atoms with E-state index >= 15 is 0 Å². The number of nitrogens with zero attached hydrogens (tertiary/aromatic N) is 3. The molecule has 0 unspecified atom stereocenters. The van der Waals surface area contributed by atoms with Gasteiger partial charge in [-0.15, -0.1) is 35.7 Å². The van der Waals surface area contributed by atoms with Crippen molar-refractivity contribution in [1.82, 2.24) is 4.98 Å². The Hall–Kier alpha value is -2.11. The second kappa shape index (κ2) is 10.7. The molecule has 1 heterocycles. The van der Waals surface area contributed by atoms with Gasteiger partial charge in [0.2, 0.25) is 0 Å². The predicted octanol–water partition coefficient (Wildman–Crippen LogP) is 4.49. The number of rotatable bonds is 3. The van der Waals surface area contributed by atoms with Crippen molar-refractivity contribution in [2.75, 3.05) is 17.3 Å². The second-order valence-electron chi connectivity index (χ2n) is 3.62. The first kappa shape index (κ1) is 18.9. The quantitative estimate of drug-likeness (QED) is 0.494. The van der Waals surface area contributed by atoms with Gasteiger partial charge in [0.25, 0.3) is 0 Å². The summed E-state index contributed by atoms with van der Waals surface area (Å²) in [6, 6.07) is 12.7. The van der Waals surface area contributed by atoms with Crippen LogP contribution in [0.3, 0.4) is 0 Å². The maximum atomic E-state index is 5.64. The van der Waals surface area contributed by atoms with Crippen LogP contribution in [0.2, 0.25) is 0 Å². The largest absolute Gasteiger partial charge is 0.384 e. The predicted molar refractivity (Wildman–Crippen MR) is 91.8 cm³/mol. The van der Waals surface area contributed by atoms with Crippen LogP contribution in [-0.2, 0) is 0 Å². The summed E-state index contributed by atoms with van der Waals surface area (Å²) >= 11 is 5.07. The maximum absolute atomic E-state index is 5.64. The third kappa shape index (κ3) is 7.29. The molecule has 112 valence electrons. The molecule has 0 aliphatic rings. The van der Waals surface area contributed by atoms with Gasteiger partial charge in [0.15, 0.2) is 5.82 Å².